The zero-order valence-electron chi connectivity index (χ0n) is 19.2. The molecule has 1 amide bonds. The van der Waals surface area contributed by atoms with Crippen molar-refractivity contribution in [3.63, 3.8) is 0 Å². The van der Waals surface area contributed by atoms with Gasteiger partial charge >= 0.3 is 0 Å². The van der Waals surface area contributed by atoms with Crippen molar-refractivity contribution < 1.29 is 18.7 Å². The first-order chi connectivity index (χ1) is 16.0. The molecule has 2 aliphatic rings. The average Bonchev–Trinajstić information content (AvgIpc) is 3.31. The van der Waals surface area contributed by atoms with E-state index in [1.54, 1.807) is 20.3 Å². The number of likely N-dealkylation sites (tertiary alicyclic amines) is 1. The van der Waals surface area contributed by atoms with Gasteiger partial charge in [0, 0.05) is 49.9 Å². The SMILES string of the molecule is COc1ccc(OC)c(C2CCCN2C(=O)CN2CCN(Cc3ccc(F)cc3Cl)CC2)c1. The number of methoxy groups -OCH3 is 2. The number of halogens is 2. The van der Waals surface area contributed by atoms with Crippen molar-refractivity contribution in [3.8, 4) is 11.5 Å². The van der Waals surface area contributed by atoms with Crippen LogP contribution >= 0.6 is 11.6 Å². The molecule has 2 saturated heterocycles. The lowest BCUT2D eigenvalue weighted by Gasteiger charge is -2.36. The maximum absolute atomic E-state index is 13.3. The highest BCUT2D eigenvalue weighted by Crippen LogP contribution is 2.39. The minimum atomic E-state index is -0.320. The molecule has 2 aliphatic heterocycles. The van der Waals surface area contributed by atoms with Gasteiger partial charge in [-0.05, 0) is 48.7 Å². The number of amides is 1. The molecule has 178 valence electrons. The monoisotopic (exact) mass is 475 g/mol. The molecule has 0 saturated carbocycles. The Morgan fingerprint density at radius 3 is 2.48 bits per heavy atom. The molecule has 0 aliphatic carbocycles. The molecule has 1 atom stereocenters. The standard InChI is InChI=1S/C25H31ClFN3O3/c1-32-20-7-8-24(33-2)21(15-20)23-4-3-9-30(23)25(31)17-29-12-10-28(11-13-29)16-18-5-6-19(27)14-22(18)26/h5-8,14-15,23H,3-4,9-13,16-17H2,1-2H3. The minimum Gasteiger partial charge on any atom is -0.497 e. The van der Waals surface area contributed by atoms with Crippen molar-refractivity contribution in [1.82, 2.24) is 14.7 Å². The predicted molar refractivity (Wildman–Crippen MR) is 126 cm³/mol. The molecule has 0 radical (unpaired) electrons. The number of carbonyl (C=O) groups excluding carboxylic acids is 1. The summed E-state index contributed by atoms with van der Waals surface area (Å²) in [6, 6.07) is 10.3. The Balaban J connectivity index is 1.34. The van der Waals surface area contributed by atoms with Crippen LogP contribution < -0.4 is 9.47 Å². The van der Waals surface area contributed by atoms with Gasteiger partial charge in [0.15, 0.2) is 0 Å². The number of nitrogens with zero attached hydrogens (tertiary/aromatic N) is 3. The molecule has 0 spiro atoms. The van der Waals surface area contributed by atoms with Crippen molar-refractivity contribution >= 4 is 17.5 Å². The van der Waals surface area contributed by atoms with E-state index in [1.165, 1.54) is 12.1 Å². The summed E-state index contributed by atoms with van der Waals surface area (Å²) in [5.74, 6) is 1.38. The van der Waals surface area contributed by atoms with E-state index >= 15 is 0 Å². The normalized spacial score (nSPS) is 19.6. The van der Waals surface area contributed by atoms with Crippen LogP contribution in [0, 0.1) is 5.82 Å². The molecule has 1 unspecified atom stereocenters. The topological polar surface area (TPSA) is 45.3 Å². The molecule has 0 N–H and O–H groups in total. The number of rotatable bonds is 7. The molecule has 4 rings (SSSR count). The summed E-state index contributed by atoms with van der Waals surface area (Å²) >= 11 is 6.18. The summed E-state index contributed by atoms with van der Waals surface area (Å²) in [7, 11) is 3.30. The van der Waals surface area contributed by atoms with Crippen LogP contribution in [-0.4, -0.2) is 74.1 Å². The largest absolute Gasteiger partial charge is 0.497 e. The molecule has 0 bridgehead atoms. The van der Waals surface area contributed by atoms with Gasteiger partial charge in [-0.15, -0.1) is 0 Å². The van der Waals surface area contributed by atoms with Crippen molar-refractivity contribution in [2.75, 3.05) is 53.5 Å². The number of carbonyl (C=O) groups is 1. The fourth-order valence-electron chi connectivity index (χ4n) is 4.77. The van der Waals surface area contributed by atoms with Crippen LogP contribution in [0.25, 0.3) is 0 Å². The van der Waals surface area contributed by atoms with E-state index in [4.69, 9.17) is 21.1 Å². The van der Waals surface area contributed by atoms with Gasteiger partial charge in [0.1, 0.15) is 17.3 Å². The van der Waals surface area contributed by atoms with E-state index in [0.717, 1.165) is 68.2 Å². The number of hydrogen-bond donors (Lipinski definition) is 0. The smallest absolute Gasteiger partial charge is 0.237 e. The lowest BCUT2D eigenvalue weighted by Crippen LogP contribution is -2.49. The molecule has 33 heavy (non-hydrogen) atoms. The van der Waals surface area contributed by atoms with Gasteiger partial charge in [0.2, 0.25) is 5.91 Å². The Bertz CT molecular complexity index is 981. The van der Waals surface area contributed by atoms with Crippen molar-refractivity contribution in [2.24, 2.45) is 0 Å². The quantitative estimate of drug-likeness (QED) is 0.606. The highest BCUT2D eigenvalue weighted by Gasteiger charge is 2.33. The second kappa shape index (κ2) is 10.7. The van der Waals surface area contributed by atoms with E-state index in [9.17, 15) is 9.18 Å². The first kappa shape index (κ1) is 23.8. The first-order valence-electron chi connectivity index (χ1n) is 11.4. The zero-order valence-corrected chi connectivity index (χ0v) is 20.0. The molecular weight excluding hydrogens is 445 g/mol. The maximum atomic E-state index is 13.3. The Labute approximate surface area is 199 Å². The number of hydrogen-bond acceptors (Lipinski definition) is 5. The van der Waals surface area contributed by atoms with E-state index in [2.05, 4.69) is 9.80 Å². The van der Waals surface area contributed by atoms with Crippen LogP contribution in [0.3, 0.4) is 0 Å². The van der Waals surface area contributed by atoms with Gasteiger partial charge in [-0.2, -0.15) is 0 Å². The van der Waals surface area contributed by atoms with Crippen molar-refractivity contribution in [3.05, 3.63) is 58.4 Å². The predicted octanol–water partition coefficient (Wildman–Crippen LogP) is 3.98. The summed E-state index contributed by atoms with van der Waals surface area (Å²) in [4.78, 5) is 19.7. The van der Waals surface area contributed by atoms with Crippen molar-refractivity contribution in [1.29, 1.82) is 0 Å². The molecular formula is C25H31ClFN3O3. The molecule has 2 heterocycles. The van der Waals surface area contributed by atoms with Gasteiger partial charge in [-0.3, -0.25) is 14.6 Å². The molecule has 0 aromatic heterocycles. The average molecular weight is 476 g/mol. The summed E-state index contributed by atoms with van der Waals surface area (Å²) in [6.07, 6.45) is 1.89. The maximum Gasteiger partial charge on any atom is 0.237 e. The van der Waals surface area contributed by atoms with Crippen LogP contribution in [0.4, 0.5) is 4.39 Å². The third-order valence-corrected chi connectivity index (χ3v) is 6.95. The van der Waals surface area contributed by atoms with E-state index in [0.29, 0.717) is 18.1 Å². The minimum absolute atomic E-state index is 0.00413. The first-order valence-corrected chi connectivity index (χ1v) is 11.8. The summed E-state index contributed by atoms with van der Waals surface area (Å²) < 4.78 is 24.3. The Morgan fingerprint density at radius 2 is 1.79 bits per heavy atom. The van der Waals surface area contributed by atoms with E-state index < -0.39 is 0 Å². The van der Waals surface area contributed by atoms with Crippen LogP contribution in [0.5, 0.6) is 11.5 Å². The van der Waals surface area contributed by atoms with Crippen LogP contribution in [0.1, 0.15) is 30.0 Å². The third-order valence-electron chi connectivity index (χ3n) is 6.60. The third kappa shape index (κ3) is 5.60. The Hall–Kier alpha value is -2.35. The summed E-state index contributed by atoms with van der Waals surface area (Å²) in [5.41, 5.74) is 1.93. The van der Waals surface area contributed by atoms with Gasteiger partial charge < -0.3 is 14.4 Å². The lowest BCUT2D eigenvalue weighted by atomic mass is 10.0. The van der Waals surface area contributed by atoms with E-state index in [-0.39, 0.29) is 17.8 Å². The van der Waals surface area contributed by atoms with Crippen LogP contribution in [0.15, 0.2) is 36.4 Å². The van der Waals surface area contributed by atoms with Crippen molar-refractivity contribution in [2.45, 2.75) is 25.4 Å². The lowest BCUT2D eigenvalue weighted by molar-refractivity contribution is -0.133. The second-order valence-electron chi connectivity index (χ2n) is 8.64. The number of benzene rings is 2. The molecule has 2 aromatic rings. The van der Waals surface area contributed by atoms with Gasteiger partial charge in [-0.1, -0.05) is 17.7 Å². The fraction of sp³-hybridized carbons (Fsp3) is 0.480. The Morgan fingerprint density at radius 1 is 1.03 bits per heavy atom. The van der Waals surface area contributed by atoms with Gasteiger partial charge in [0.25, 0.3) is 0 Å². The highest BCUT2D eigenvalue weighted by atomic mass is 35.5. The van der Waals surface area contributed by atoms with E-state index in [1.807, 2.05) is 23.1 Å². The number of ether oxygens (including phenoxy) is 2. The summed E-state index contributed by atoms with van der Waals surface area (Å²) in [6.45, 7) is 5.16. The molecule has 8 heteroatoms. The fourth-order valence-corrected chi connectivity index (χ4v) is 4.99. The Kier molecular flexibility index (Phi) is 7.73. The van der Waals surface area contributed by atoms with Crippen LogP contribution in [0.2, 0.25) is 5.02 Å². The van der Waals surface area contributed by atoms with Gasteiger partial charge in [-0.25, -0.2) is 4.39 Å². The highest BCUT2D eigenvalue weighted by molar-refractivity contribution is 6.31. The van der Waals surface area contributed by atoms with Crippen LogP contribution in [-0.2, 0) is 11.3 Å². The number of piperazine rings is 1. The summed E-state index contributed by atoms with van der Waals surface area (Å²) in [5, 5.41) is 0.459. The second-order valence-corrected chi connectivity index (χ2v) is 9.05. The van der Waals surface area contributed by atoms with Gasteiger partial charge in [0.05, 0.1) is 26.8 Å². The molecule has 6 nitrogen and oxygen atoms in total. The molecule has 2 fully saturated rings. The zero-order chi connectivity index (χ0) is 23.4. The molecule has 2 aromatic carbocycles.